The molecule has 17 heavy (non-hydrogen) atoms. The van der Waals surface area contributed by atoms with Crippen LogP contribution in [0.25, 0.3) is 0 Å². The summed E-state index contributed by atoms with van der Waals surface area (Å²) < 4.78 is 5.00. The molecule has 0 spiro atoms. The van der Waals surface area contributed by atoms with Crippen LogP contribution in [0.1, 0.15) is 5.56 Å². The fourth-order valence-electron chi connectivity index (χ4n) is 1.46. The Morgan fingerprint density at radius 2 is 2.29 bits per heavy atom. The molecule has 90 valence electrons. The lowest BCUT2D eigenvalue weighted by Gasteiger charge is -2.17. The van der Waals surface area contributed by atoms with Crippen molar-refractivity contribution in [3.8, 4) is 0 Å². The van der Waals surface area contributed by atoms with Gasteiger partial charge in [0.2, 0.25) is 5.95 Å². The van der Waals surface area contributed by atoms with Crippen molar-refractivity contribution in [3.05, 3.63) is 30.2 Å². The Morgan fingerprint density at radius 3 is 2.94 bits per heavy atom. The molecule has 2 aromatic rings. The molecule has 0 unspecified atom stereocenters. The Balaban J connectivity index is 2.18. The minimum atomic E-state index is 0.175. The second-order valence-electron chi connectivity index (χ2n) is 3.60. The molecule has 0 aliphatic heterocycles. The van der Waals surface area contributed by atoms with Gasteiger partial charge >= 0.3 is 0 Å². The molecular weight excluding hydrogens is 220 g/mol. The third-order valence-corrected chi connectivity index (χ3v) is 2.27. The molecular formula is C10H14N6O. The first-order valence-corrected chi connectivity index (χ1v) is 5.02. The van der Waals surface area contributed by atoms with E-state index in [1.807, 2.05) is 18.0 Å². The first kappa shape index (κ1) is 11.2. The summed E-state index contributed by atoms with van der Waals surface area (Å²) in [5, 5.41) is 0. The van der Waals surface area contributed by atoms with Crippen molar-refractivity contribution in [2.24, 2.45) is 5.84 Å². The molecule has 7 nitrogen and oxygen atoms in total. The number of nitrogens with two attached hydrogens (primary N) is 2. The number of furan rings is 1. The molecule has 7 heteroatoms. The zero-order chi connectivity index (χ0) is 12.3. The lowest BCUT2D eigenvalue weighted by molar-refractivity contribution is 0.563. The van der Waals surface area contributed by atoms with Crippen LogP contribution in [0, 0.1) is 0 Å². The molecule has 5 N–H and O–H groups in total. The summed E-state index contributed by atoms with van der Waals surface area (Å²) in [6.45, 7) is 0.664. The summed E-state index contributed by atoms with van der Waals surface area (Å²) >= 11 is 0. The van der Waals surface area contributed by atoms with Gasteiger partial charge in [0, 0.05) is 25.2 Å². The van der Waals surface area contributed by atoms with Gasteiger partial charge in [0.05, 0.1) is 12.5 Å². The van der Waals surface area contributed by atoms with Gasteiger partial charge in [0.15, 0.2) is 0 Å². The van der Waals surface area contributed by atoms with Crippen LogP contribution in [-0.4, -0.2) is 17.0 Å². The molecule has 0 fully saturated rings. The van der Waals surface area contributed by atoms with Crippen molar-refractivity contribution in [1.82, 2.24) is 9.97 Å². The number of nitrogens with one attached hydrogen (secondary N) is 1. The van der Waals surface area contributed by atoms with Crippen molar-refractivity contribution < 1.29 is 4.42 Å². The Labute approximate surface area is 98.4 Å². The van der Waals surface area contributed by atoms with E-state index in [1.165, 1.54) is 0 Å². The van der Waals surface area contributed by atoms with E-state index in [9.17, 15) is 0 Å². The van der Waals surface area contributed by atoms with Crippen molar-refractivity contribution in [1.29, 1.82) is 0 Å². The van der Waals surface area contributed by atoms with Crippen LogP contribution >= 0.6 is 0 Å². The Bertz CT molecular complexity index is 484. The minimum absolute atomic E-state index is 0.175. The Kier molecular flexibility index (Phi) is 3.10. The summed E-state index contributed by atoms with van der Waals surface area (Å²) in [6.07, 6.45) is 3.31. The first-order chi connectivity index (χ1) is 8.19. The van der Waals surface area contributed by atoms with Gasteiger partial charge in [-0.3, -0.25) is 0 Å². The smallest absolute Gasteiger partial charge is 0.223 e. The van der Waals surface area contributed by atoms with Crippen molar-refractivity contribution >= 4 is 17.6 Å². The number of rotatable bonds is 4. The zero-order valence-electron chi connectivity index (χ0n) is 9.42. The first-order valence-electron chi connectivity index (χ1n) is 5.02. The maximum absolute atomic E-state index is 5.58. The highest BCUT2D eigenvalue weighted by Gasteiger charge is 2.07. The molecule has 2 heterocycles. The van der Waals surface area contributed by atoms with E-state index in [0.717, 1.165) is 5.56 Å². The minimum Gasteiger partial charge on any atom is -0.472 e. The fraction of sp³-hybridized carbons (Fsp3) is 0.200. The van der Waals surface area contributed by atoms with Crippen LogP contribution in [0.15, 0.2) is 29.1 Å². The SMILES string of the molecule is CN(Cc1ccoc1)c1cc(NN)nc(N)n1. The lowest BCUT2D eigenvalue weighted by atomic mass is 10.3. The summed E-state index contributed by atoms with van der Waals surface area (Å²) in [5.74, 6) is 6.63. The fourth-order valence-corrected chi connectivity index (χ4v) is 1.46. The predicted molar refractivity (Wildman–Crippen MR) is 65.1 cm³/mol. The van der Waals surface area contributed by atoms with Crippen LogP contribution in [-0.2, 0) is 6.54 Å². The van der Waals surface area contributed by atoms with Crippen LogP contribution < -0.4 is 21.9 Å². The van der Waals surface area contributed by atoms with Crippen molar-refractivity contribution in [3.63, 3.8) is 0 Å². The number of nitrogen functional groups attached to an aromatic ring is 2. The molecule has 0 saturated carbocycles. The highest BCUT2D eigenvalue weighted by molar-refractivity contribution is 5.51. The highest BCUT2D eigenvalue weighted by atomic mass is 16.3. The van der Waals surface area contributed by atoms with Gasteiger partial charge in [0.25, 0.3) is 0 Å². The highest BCUT2D eigenvalue weighted by Crippen LogP contribution is 2.17. The van der Waals surface area contributed by atoms with E-state index >= 15 is 0 Å². The largest absolute Gasteiger partial charge is 0.472 e. The summed E-state index contributed by atoms with van der Waals surface area (Å²) in [5.41, 5.74) is 9.08. The second kappa shape index (κ2) is 4.71. The maximum Gasteiger partial charge on any atom is 0.223 e. The number of hydrogen-bond acceptors (Lipinski definition) is 7. The number of hydrogen-bond donors (Lipinski definition) is 3. The molecule has 0 aliphatic rings. The van der Waals surface area contributed by atoms with E-state index < -0.39 is 0 Å². The molecule has 0 radical (unpaired) electrons. The Morgan fingerprint density at radius 1 is 1.47 bits per heavy atom. The van der Waals surface area contributed by atoms with E-state index in [4.69, 9.17) is 16.0 Å². The molecule has 0 aliphatic carbocycles. The second-order valence-corrected chi connectivity index (χ2v) is 3.60. The average Bonchev–Trinajstić information content (AvgIpc) is 2.81. The van der Waals surface area contributed by atoms with Gasteiger partial charge in [0.1, 0.15) is 11.6 Å². The van der Waals surface area contributed by atoms with Crippen LogP contribution in [0.4, 0.5) is 17.6 Å². The van der Waals surface area contributed by atoms with Crippen LogP contribution in [0.5, 0.6) is 0 Å². The van der Waals surface area contributed by atoms with E-state index in [1.54, 1.807) is 18.6 Å². The monoisotopic (exact) mass is 234 g/mol. The normalized spacial score (nSPS) is 10.2. The Hall–Kier alpha value is -2.28. The summed E-state index contributed by atoms with van der Waals surface area (Å²) in [6, 6.07) is 3.61. The van der Waals surface area contributed by atoms with Gasteiger partial charge in [-0.05, 0) is 6.07 Å². The number of aromatic nitrogens is 2. The molecule has 0 bridgehead atoms. The van der Waals surface area contributed by atoms with Crippen LogP contribution in [0.3, 0.4) is 0 Å². The molecule has 2 rings (SSSR count). The van der Waals surface area contributed by atoms with Crippen molar-refractivity contribution in [2.75, 3.05) is 23.1 Å². The van der Waals surface area contributed by atoms with Gasteiger partial charge in [-0.2, -0.15) is 9.97 Å². The number of nitrogens with zero attached hydrogens (tertiary/aromatic N) is 3. The van der Waals surface area contributed by atoms with Gasteiger partial charge < -0.3 is 20.5 Å². The number of hydrazine groups is 1. The van der Waals surface area contributed by atoms with Gasteiger partial charge in [-0.1, -0.05) is 0 Å². The summed E-state index contributed by atoms with van der Waals surface area (Å²) in [4.78, 5) is 9.97. The number of anilines is 3. The lowest BCUT2D eigenvalue weighted by Crippen LogP contribution is -2.19. The third kappa shape index (κ3) is 2.64. The third-order valence-electron chi connectivity index (χ3n) is 2.27. The van der Waals surface area contributed by atoms with Crippen LogP contribution in [0.2, 0.25) is 0 Å². The standard InChI is InChI=1S/C10H14N6O/c1-16(5-7-2-3-17-6-7)9-4-8(15-12)13-10(11)14-9/h2-4,6H,5,12H2,1H3,(H3,11,13,14,15). The van der Waals surface area contributed by atoms with E-state index in [0.29, 0.717) is 18.2 Å². The van der Waals surface area contributed by atoms with Crippen molar-refractivity contribution in [2.45, 2.75) is 6.54 Å². The molecule has 0 amide bonds. The van der Waals surface area contributed by atoms with Gasteiger partial charge in [-0.15, -0.1) is 0 Å². The molecule has 0 atom stereocenters. The summed E-state index contributed by atoms with van der Waals surface area (Å²) in [7, 11) is 1.90. The molecule has 0 aromatic carbocycles. The maximum atomic E-state index is 5.58. The molecule has 0 saturated heterocycles. The quantitative estimate of drug-likeness (QED) is 0.524. The topological polar surface area (TPSA) is 106 Å². The van der Waals surface area contributed by atoms with E-state index in [2.05, 4.69) is 15.4 Å². The predicted octanol–water partition coefficient (Wildman–Crippen LogP) is 0.574. The zero-order valence-corrected chi connectivity index (χ0v) is 9.42. The average molecular weight is 234 g/mol. The van der Waals surface area contributed by atoms with Gasteiger partial charge in [-0.25, -0.2) is 5.84 Å². The molecule has 2 aromatic heterocycles. The van der Waals surface area contributed by atoms with E-state index in [-0.39, 0.29) is 5.95 Å².